The van der Waals surface area contributed by atoms with Crippen LogP contribution in [0.2, 0.25) is 0 Å². The Hall–Kier alpha value is -0.0400. The lowest BCUT2D eigenvalue weighted by molar-refractivity contribution is 0.169. The van der Waals surface area contributed by atoms with Gasteiger partial charge in [-0.15, -0.1) is 0 Å². The predicted molar refractivity (Wildman–Crippen MR) is 40.4 cm³/mol. The van der Waals surface area contributed by atoms with E-state index in [1.165, 1.54) is 25.8 Å². The highest BCUT2D eigenvalue weighted by molar-refractivity contribution is 4.80. The molecule has 54 valence electrons. The van der Waals surface area contributed by atoms with Gasteiger partial charge in [0.05, 0.1) is 0 Å². The Labute approximate surface area is 57.8 Å². The summed E-state index contributed by atoms with van der Waals surface area (Å²) < 4.78 is 0. The van der Waals surface area contributed by atoms with Crippen LogP contribution in [-0.2, 0) is 0 Å². The van der Waals surface area contributed by atoms with Crippen molar-refractivity contribution in [1.82, 2.24) is 5.32 Å². The van der Waals surface area contributed by atoms with Crippen LogP contribution < -0.4 is 5.32 Å². The molecule has 0 amide bonds. The summed E-state index contributed by atoms with van der Waals surface area (Å²) >= 11 is 0. The van der Waals surface area contributed by atoms with Gasteiger partial charge in [-0.3, -0.25) is 0 Å². The summed E-state index contributed by atoms with van der Waals surface area (Å²) in [5, 5.41) is 3.23. The second-order valence-corrected chi connectivity index (χ2v) is 3.06. The SMILES string of the molecule is CCC1CCC1CNC. The number of rotatable bonds is 3. The molecule has 9 heavy (non-hydrogen) atoms. The molecular formula is C8H17N. The zero-order valence-corrected chi connectivity index (χ0v) is 6.48. The summed E-state index contributed by atoms with van der Waals surface area (Å²) in [6.07, 6.45) is 4.31. The van der Waals surface area contributed by atoms with E-state index in [-0.39, 0.29) is 0 Å². The van der Waals surface area contributed by atoms with Crippen LogP contribution in [0, 0.1) is 11.8 Å². The monoisotopic (exact) mass is 127 g/mol. The molecule has 1 rings (SSSR count). The van der Waals surface area contributed by atoms with Crippen molar-refractivity contribution in [3.05, 3.63) is 0 Å². The van der Waals surface area contributed by atoms with E-state index in [2.05, 4.69) is 12.2 Å². The Balaban J connectivity index is 2.11. The standard InChI is InChI=1S/C8H17N/c1-3-7-4-5-8(7)6-9-2/h7-9H,3-6H2,1-2H3. The second-order valence-electron chi connectivity index (χ2n) is 3.06. The third-order valence-corrected chi connectivity index (χ3v) is 2.57. The smallest absolute Gasteiger partial charge is 0.00209 e. The minimum Gasteiger partial charge on any atom is -0.319 e. The first kappa shape index (κ1) is 7.07. The lowest BCUT2D eigenvalue weighted by atomic mass is 9.72. The highest BCUT2D eigenvalue weighted by atomic mass is 14.8. The molecule has 1 N–H and O–H groups in total. The zero-order chi connectivity index (χ0) is 6.69. The van der Waals surface area contributed by atoms with Gasteiger partial charge in [0.25, 0.3) is 0 Å². The van der Waals surface area contributed by atoms with Crippen LogP contribution in [0.3, 0.4) is 0 Å². The van der Waals surface area contributed by atoms with Crippen molar-refractivity contribution < 1.29 is 0 Å². The summed E-state index contributed by atoms with van der Waals surface area (Å²) in [5.41, 5.74) is 0. The molecule has 1 fully saturated rings. The second kappa shape index (κ2) is 3.21. The highest BCUT2D eigenvalue weighted by Crippen LogP contribution is 2.35. The van der Waals surface area contributed by atoms with Gasteiger partial charge in [0.1, 0.15) is 0 Å². The van der Waals surface area contributed by atoms with Crippen molar-refractivity contribution in [3.8, 4) is 0 Å². The molecule has 0 radical (unpaired) electrons. The van der Waals surface area contributed by atoms with E-state index in [1.54, 1.807) is 0 Å². The van der Waals surface area contributed by atoms with Crippen LogP contribution in [0.1, 0.15) is 26.2 Å². The third kappa shape index (κ3) is 1.45. The van der Waals surface area contributed by atoms with E-state index in [1.807, 2.05) is 7.05 Å². The van der Waals surface area contributed by atoms with Gasteiger partial charge in [0.15, 0.2) is 0 Å². The fourth-order valence-corrected chi connectivity index (χ4v) is 1.71. The van der Waals surface area contributed by atoms with Crippen LogP contribution in [0.4, 0.5) is 0 Å². The van der Waals surface area contributed by atoms with E-state index >= 15 is 0 Å². The number of hydrogen-bond donors (Lipinski definition) is 1. The molecule has 0 spiro atoms. The molecule has 0 saturated heterocycles. The van der Waals surface area contributed by atoms with E-state index in [0.29, 0.717) is 0 Å². The van der Waals surface area contributed by atoms with Crippen molar-refractivity contribution in [3.63, 3.8) is 0 Å². The fourth-order valence-electron chi connectivity index (χ4n) is 1.71. The van der Waals surface area contributed by atoms with Gasteiger partial charge in [0, 0.05) is 0 Å². The minimum absolute atomic E-state index is 1.000. The first-order valence-corrected chi connectivity index (χ1v) is 4.03. The molecule has 0 aliphatic heterocycles. The van der Waals surface area contributed by atoms with Crippen molar-refractivity contribution in [2.24, 2.45) is 11.8 Å². The Bertz CT molecular complexity index is 78.6. The van der Waals surface area contributed by atoms with Gasteiger partial charge >= 0.3 is 0 Å². The van der Waals surface area contributed by atoms with Gasteiger partial charge in [-0.25, -0.2) is 0 Å². The Morgan fingerprint density at radius 1 is 1.33 bits per heavy atom. The molecule has 0 bridgehead atoms. The molecule has 1 aliphatic rings. The predicted octanol–water partition coefficient (Wildman–Crippen LogP) is 1.64. The Morgan fingerprint density at radius 2 is 2.00 bits per heavy atom. The van der Waals surface area contributed by atoms with Crippen LogP contribution in [-0.4, -0.2) is 13.6 Å². The highest BCUT2D eigenvalue weighted by Gasteiger charge is 2.27. The first-order chi connectivity index (χ1) is 4.38. The van der Waals surface area contributed by atoms with Crippen LogP contribution in [0.5, 0.6) is 0 Å². The molecule has 1 heteroatoms. The quantitative estimate of drug-likeness (QED) is 0.607. The molecule has 1 nitrogen and oxygen atoms in total. The van der Waals surface area contributed by atoms with Gasteiger partial charge < -0.3 is 5.32 Å². The normalized spacial score (nSPS) is 34.0. The third-order valence-electron chi connectivity index (χ3n) is 2.57. The first-order valence-electron chi connectivity index (χ1n) is 4.03. The molecule has 0 aromatic carbocycles. The van der Waals surface area contributed by atoms with E-state index in [4.69, 9.17) is 0 Å². The largest absolute Gasteiger partial charge is 0.319 e. The maximum absolute atomic E-state index is 3.23. The van der Waals surface area contributed by atoms with Gasteiger partial charge in [-0.2, -0.15) is 0 Å². The van der Waals surface area contributed by atoms with Crippen molar-refractivity contribution in [2.45, 2.75) is 26.2 Å². The van der Waals surface area contributed by atoms with E-state index in [0.717, 1.165) is 11.8 Å². The van der Waals surface area contributed by atoms with Crippen molar-refractivity contribution >= 4 is 0 Å². The topological polar surface area (TPSA) is 12.0 Å². The average molecular weight is 127 g/mol. The summed E-state index contributed by atoms with van der Waals surface area (Å²) in [5.74, 6) is 2.04. The molecule has 2 atom stereocenters. The van der Waals surface area contributed by atoms with E-state index in [9.17, 15) is 0 Å². The van der Waals surface area contributed by atoms with Gasteiger partial charge in [-0.1, -0.05) is 13.3 Å². The summed E-state index contributed by atoms with van der Waals surface area (Å²) in [6.45, 7) is 3.53. The number of hydrogen-bond acceptors (Lipinski definition) is 1. The van der Waals surface area contributed by atoms with Gasteiger partial charge in [-0.05, 0) is 38.3 Å². The van der Waals surface area contributed by atoms with Crippen LogP contribution in [0.15, 0.2) is 0 Å². The van der Waals surface area contributed by atoms with E-state index < -0.39 is 0 Å². The molecule has 0 aromatic heterocycles. The minimum atomic E-state index is 1.000. The molecule has 2 unspecified atom stereocenters. The molecule has 0 heterocycles. The van der Waals surface area contributed by atoms with Crippen LogP contribution >= 0.6 is 0 Å². The van der Waals surface area contributed by atoms with Crippen LogP contribution in [0.25, 0.3) is 0 Å². The Morgan fingerprint density at radius 3 is 2.33 bits per heavy atom. The molecule has 0 aromatic rings. The zero-order valence-electron chi connectivity index (χ0n) is 6.48. The van der Waals surface area contributed by atoms with Crippen molar-refractivity contribution in [2.75, 3.05) is 13.6 Å². The summed E-state index contributed by atoms with van der Waals surface area (Å²) in [6, 6.07) is 0. The summed E-state index contributed by atoms with van der Waals surface area (Å²) in [4.78, 5) is 0. The maximum atomic E-state index is 3.23. The molecular weight excluding hydrogens is 110 g/mol. The average Bonchev–Trinajstić information content (AvgIpc) is 1.82. The maximum Gasteiger partial charge on any atom is -0.00209 e. The number of nitrogens with one attached hydrogen (secondary N) is 1. The lowest BCUT2D eigenvalue weighted by Crippen LogP contribution is -2.33. The molecule has 1 saturated carbocycles. The van der Waals surface area contributed by atoms with Crippen molar-refractivity contribution in [1.29, 1.82) is 0 Å². The lowest BCUT2D eigenvalue weighted by Gasteiger charge is -2.35. The van der Waals surface area contributed by atoms with Gasteiger partial charge in [0.2, 0.25) is 0 Å². The summed E-state index contributed by atoms with van der Waals surface area (Å²) in [7, 11) is 2.05. The Kier molecular flexibility index (Phi) is 2.52. The fraction of sp³-hybridized carbons (Fsp3) is 1.00. The molecule has 1 aliphatic carbocycles.